The van der Waals surface area contributed by atoms with Crippen LogP contribution in [0.5, 0.6) is 0 Å². The maximum Gasteiger partial charge on any atom is 0.185 e. The zero-order valence-electron chi connectivity index (χ0n) is 15.1. The van der Waals surface area contributed by atoms with Gasteiger partial charge in [0.15, 0.2) is 10.3 Å². The molecule has 0 spiro atoms. The first kappa shape index (κ1) is 16.9. The molecule has 2 fully saturated rings. The standard InChI is InChI=1S/C18H26N6S2/c1-2-6-23(7-3-1)24-11-9-21(10-12-24)18-20-15-4-8-22(14-16(15)26-18)17-19-5-13-25-17/h5,13H,1-4,6-12,14H2. The Hall–Kier alpha value is -1.22. The van der Waals surface area contributed by atoms with Crippen LogP contribution in [0.3, 0.4) is 0 Å². The Bertz CT molecular complexity index is 716. The van der Waals surface area contributed by atoms with Gasteiger partial charge in [-0.05, 0) is 12.8 Å². The second kappa shape index (κ2) is 7.42. The van der Waals surface area contributed by atoms with Crippen molar-refractivity contribution in [3.05, 3.63) is 22.1 Å². The number of anilines is 2. The lowest BCUT2D eigenvalue weighted by molar-refractivity contribution is -0.0427. The van der Waals surface area contributed by atoms with Gasteiger partial charge in [0.25, 0.3) is 0 Å². The second-order valence-electron chi connectivity index (χ2n) is 7.31. The van der Waals surface area contributed by atoms with Gasteiger partial charge in [0, 0.05) is 68.7 Å². The van der Waals surface area contributed by atoms with Crippen LogP contribution in [0.2, 0.25) is 0 Å². The van der Waals surface area contributed by atoms with E-state index < -0.39 is 0 Å². The monoisotopic (exact) mass is 390 g/mol. The minimum Gasteiger partial charge on any atom is -0.345 e. The lowest BCUT2D eigenvalue weighted by Gasteiger charge is -2.42. The van der Waals surface area contributed by atoms with E-state index in [2.05, 4.69) is 30.2 Å². The van der Waals surface area contributed by atoms with Crippen LogP contribution in [0.25, 0.3) is 0 Å². The van der Waals surface area contributed by atoms with Gasteiger partial charge in [0.2, 0.25) is 0 Å². The average molecular weight is 391 g/mol. The van der Waals surface area contributed by atoms with Crippen LogP contribution in [0.15, 0.2) is 11.6 Å². The third-order valence-corrected chi connectivity index (χ3v) is 7.64. The van der Waals surface area contributed by atoms with E-state index in [0.717, 1.165) is 50.8 Å². The van der Waals surface area contributed by atoms with Gasteiger partial charge in [0.05, 0.1) is 12.2 Å². The minimum absolute atomic E-state index is 0.967. The van der Waals surface area contributed by atoms with E-state index in [4.69, 9.17) is 4.98 Å². The number of rotatable bonds is 3. The molecule has 26 heavy (non-hydrogen) atoms. The summed E-state index contributed by atoms with van der Waals surface area (Å²) in [7, 11) is 0. The number of piperidine rings is 1. The van der Waals surface area contributed by atoms with Crippen molar-refractivity contribution in [1.82, 2.24) is 20.0 Å². The highest BCUT2D eigenvalue weighted by Crippen LogP contribution is 2.33. The van der Waals surface area contributed by atoms with Gasteiger partial charge >= 0.3 is 0 Å². The summed E-state index contributed by atoms with van der Waals surface area (Å²) in [5.41, 5.74) is 1.32. The van der Waals surface area contributed by atoms with Crippen molar-refractivity contribution < 1.29 is 0 Å². The van der Waals surface area contributed by atoms with Crippen LogP contribution in [-0.4, -0.2) is 65.8 Å². The molecule has 0 bridgehead atoms. The van der Waals surface area contributed by atoms with E-state index in [9.17, 15) is 0 Å². The summed E-state index contributed by atoms with van der Waals surface area (Å²) >= 11 is 3.63. The Kier molecular flexibility index (Phi) is 4.83. The smallest absolute Gasteiger partial charge is 0.185 e. The number of thiazole rings is 2. The average Bonchev–Trinajstić information content (AvgIpc) is 3.38. The molecular formula is C18H26N6S2. The lowest BCUT2D eigenvalue weighted by atomic mass is 10.1. The highest BCUT2D eigenvalue weighted by molar-refractivity contribution is 7.16. The summed E-state index contributed by atoms with van der Waals surface area (Å²) in [6.07, 6.45) is 7.05. The molecule has 2 saturated heterocycles. The third-order valence-electron chi connectivity index (χ3n) is 5.67. The fourth-order valence-electron chi connectivity index (χ4n) is 4.18. The summed E-state index contributed by atoms with van der Waals surface area (Å²) in [6.45, 7) is 8.96. The molecule has 0 aliphatic carbocycles. The van der Waals surface area contributed by atoms with E-state index in [1.165, 1.54) is 48.1 Å². The molecule has 0 N–H and O–H groups in total. The fourth-order valence-corrected chi connectivity index (χ4v) is 6.03. The van der Waals surface area contributed by atoms with Crippen LogP contribution in [0.4, 0.5) is 10.3 Å². The molecular weight excluding hydrogens is 364 g/mol. The molecule has 140 valence electrons. The Morgan fingerprint density at radius 1 is 0.808 bits per heavy atom. The van der Waals surface area contributed by atoms with E-state index in [-0.39, 0.29) is 0 Å². The molecule has 2 aromatic heterocycles. The van der Waals surface area contributed by atoms with Gasteiger partial charge < -0.3 is 9.80 Å². The molecule has 0 saturated carbocycles. The summed E-state index contributed by atoms with van der Waals surface area (Å²) in [5, 5.41) is 9.59. The molecule has 3 aliphatic heterocycles. The zero-order chi connectivity index (χ0) is 17.3. The summed E-state index contributed by atoms with van der Waals surface area (Å²) in [6, 6.07) is 0. The van der Waals surface area contributed by atoms with E-state index in [1.54, 1.807) is 11.3 Å². The maximum atomic E-state index is 5.00. The number of nitrogens with zero attached hydrogens (tertiary/aromatic N) is 6. The summed E-state index contributed by atoms with van der Waals surface area (Å²) < 4.78 is 0. The van der Waals surface area contributed by atoms with Gasteiger partial charge in [-0.25, -0.2) is 20.0 Å². The van der Waals surface area contributed by atoms with Crippen LogP contribution < -0.4 is 9.80 Å². The predicted octanol–water partition coefficient (Wildman–Crippen LogP) is 2.69. The largest absolute Gasteiger partial charge is 0.345 e. The molecule has 0 unspecified atom stereocenters. The molecule has 8 heteroatoms. The maximum absolute atomic E-state index is 5.00. The van der Waals surface area contributed by atoms with Crippen molar-refractivity contribution in [3.63, 3.8) is 0 Å². The number of piperazine rings is 1. The normalized spacial score (nSPS) is 22.6. The van der Waals surface area contributed by atoms with Gasteiger partial charge in [-0.2, -0.15) is 0 Å². The Morgan fingerprint density at radius 2 is 1.62 bits per heavy atom. The van der Waals surface area contributed by atoms with Crippen molar-refractivity contribution in [3.8, 4) is 0 Å². The number of hydrazine groups is 1. The van der Waals surface area contributed by atoms with Crippen molar-refractivity contribution in [2.75, 3.05) is 55.6 Å². The van der Waals surface area contributed by atoms with Crippen molar-refractivity contribution in [2.45, 2.75) is 32.2 Å². The second-order valence-corrected chi connectivity index (χ2v) is 9.24. The van der Waals surface area contributed by atoms with Crippen molar-refractivity contribution in [1.29, 1.82) is 0 Å². The molecule has 0 aromatic carbocycles. The molecule has 0 radical (unpaired) electrons. The molecule has 0 amide bonds. The van der Waals surface area contributed by atoms with E-state index in [0.29, 0.717) is 0 Å². The Morgan fingerprint density at radius 3 is 2.38 bits per heavy atom. The molecule has 6 nitrogen and oxygen atoms in total. The van der Waals surface area contributed by atoms with Gasteiger partial charge in [0.1, 0.15) is 0 Å². The Labute approximate surface area is 163 Å². The number of aromatic nitrogens is 2. The van der Waals surface area contributed by atoms with Gasteiger partial charge in [-0.15, -0.1) is 11.3 Å². The number of fused-ring (bicyclic) bond motifs is 1. The van der Waals surface area contributed by atoms with Crippen molar-refractivity contribution in [2.24, 2.45) is 0 Å². The fraction of sp³-hybridized carbons (Fsp3) is 0.667. The highest BCUT2D eigenvalue weighted by atomic mass is 32.1. The lowest BCUT2D eigenvalue weighted by Crippen LogP contribution is -2.55. The first-order valence-electron chi connectivity index (χ1n) is 9.74. The molecule has 0 atom stereocenters. The quantitative estimate of drug-likeness (QED) is 0.802. The van der Waals surface area contributed by atoms with Gasteiger partial charge in [-0.1, -0.05) is 17.8 Å². The zero-order valence-corrected chi connectivity index (χ0v) is 16.8. The van der Waals surface area contributed by atoms with Crippen LogP contribution in [0, 0.1) is 0 Å². The van der Waals surface area contributed by atoms with Crippen LogP contribution in [0.1, 0.15) is 29.8 Å². The van der Waals surface area contributed by atoms with Gasteiger partial charge in [-0.3, -0.25) is 0 Å². The molecule has 5 rings (SSSR count). The number of hydrogen-bond acceptors (Lipinski definition) is 8. The molecule has 3 aliphatic rings. The molecule has 5 heterocycles. The van der Waals surface area contributed by atoms with E-state index >= 15 is 0 Å². The van der Waals surface area contributed by atoms with Crippen LogP contribution in [-0.2, 0) is 13.0 Å². The first-order chi connectivity index (χ1) is 12.9. The minimum atomic E-state index is 0.967. The van der Waals surface area contributed by atoms with E-state index in [1.807, 2.05) is 17.5 Å². The topological polar surface area (TPSA) is 38.7 Å². The van der Waals surface area contributed by atoms with Crippen molar-refractivity contribution >= 4 is 32.9 Å². The Balaban J connectivity index is 1.22. The third kappa shape index (κ3) is 3.35. The molecule has 2 aromatic rings. The SMILES string of the molecule is c1csc(N2CCc3nc(N4CCN(N5CCCCC5)CC4)sc3C2)n1. The predicted molar refractivity (Wildman–Crippen MR) is 108 cm³/mol. The summed E-state index contributed by atoms with van der Waals surface area (Å²) in [5.74, 6) is 0. The highest BCUT2D eigenvalue weighted by Gasteiger charge is 2.27. The summed E-state index contributed by atoms with van der Waals surface area (Å²) in [4.78, 5) is 15.8. The number of hydrogen-bond donors (Lipinski definition) is 0. The first-order valence-corrected chi connectivity index (χ1v) is 11.4. The van der Waals surface area contributed by atoms with Crippen LogP contribution >= 0.6 is 22.7 Å².